The van der Waals surface area contributed by atoms with Crippen LogP contribution in [0.1, 0.15) is 22.6 Å². The van der Waals surface area contributed by atoms with Crippen molar-refractivity contribution in [3.8, 4) is 0 Å². The molecule has 19 heavy (non-hydrogen) atoms. The maximum atomic E-state index is 5.87. The number of nitrogens with zero attached hydrogens (tertiary/aromatic N) is 1. The Bertz CT molecular complexity index is 534. The Balaban J connectivity index is 1.96. The van der Waals surface area contributed by atoms with Gasteiger partial charge in [0.15, 0.2) is 0 Å². The summed E-state index contributed by atoms with van der Waals surface area (Å²) in [6, 6.07) is 9.94. The Hall–Kier alpha value is -1.29. The van der Waals surface area contributed by atoms with Gasteiger partial charge in [0.05, 0.1) is 6.54 Å². The van der Waals surface area contributed by atoms with Gasteiger partial charge in [0.2, 0.25) is 0 Å². The Labute approximate surface area is 119 Å². The highest BCUT2D eigenvalue weighted by atomic mass is 35.5. The van der Waals surface area contributed by atoms with Crippen LogP contribution in [0.15, 0.2) is 34.7 Å². The van der Waals surface area contributed by atoms with Crippen LogP contribution in [0.2, 0.25) is 5.02 Å². The summed E-state index contributed by atoms with van der Waals surface area (Å²) in [5.41, 5.74) is 7.96. The van der Waals surface area contributed by atoms with Gasteiger partial charge in [-0.3, -0.25) is 4.90 Å². The standard InChI is InChI=1S/C15H19ClN2O/c1-11-13(8-17)7-15(19-11)10-18(2)9-12-3-5-14(16)6-4-12/h3-7H,8-10,17H2,1-2H3. The van der Waals surface area contributed by atoms with Gasteiger partial charge in [0, 0.05) is 23.7 Å². The van der Waals surface area contributed by atoms with Crippen LogP contribution < -0.4 is 5.73 Å². The normalized spacial score (nSPS) is 11.2. The number of benzene rings is 1. The molecule has 2 aromatic rings. The second-order valence-corrected chi connectivity index (χ2v) is 5.23. The summed E-state index contributed by atoms with van der Waals surface area (Å²) >= 11 is 5.87. The van der Waals surface area contributed by atoms with Crippen LogP contribution in [-0.2, 0) is 19.6 Å². The molecule has 2 rings (SSSR count). The summed E-state index contributed by atoms with van der Waals surface area (Å²) in [6.07, 6.45) is 0. The fourth-order valence-electron chi connectivity index (χ4n) is 2.09. The molecule has 102 valence electrons. The summed E-state index contributed by atoms with van der Waals surface area (Å²) in [6.45, 7) is 4.10. The molecule has 1 heterocycles. The van der Waals surface area contributed by atoms with Crippen molar-refractivity contribution in [2.45, 2.75) is 26.6 Å². The fraction of sp³-hybridized carbons (Fsp3) is 0.333. The van der Waals surface area contributed by atoms with Crippen LogP contribution in [0.5, 0.6) is 0 Å². The molecule has 4 heteroatoms. The lowest BCUT2D eigenvalue weighted by atomic mass is 10.2. The SMILES string of the molecule is Cc1oc(CN(C)Cc2ccc(Cl)cc2)cc1CN. The van der Waals surface area contributed by atoms with Crippen molar-refractivity contribution in [3.05, 3.63) is 58.0 Å². The number of hydrogen-bond acceptors (Lipinski definition) is 3. The molecule has 0 amide bonds. The van der Waals surface area contributed by atoms with Gasteiger partial charge in [-0.05, 0) is 37.7 Å². The zero-order valence-electron chi connectivity index (χ0n) is 11.3. The predicted molar refractivity (Wildman–Crippen MR) is 78.0 cm³/mol. The van der Waals surface area contributed by atoms with E-state index in [9.17, 15) is 0 Å². The third-order valence-electron chi connectivity index (χ3n) is 3.08. The average Bonchev–Trinajstić information content (AvgIpc) is 2.72. The lowest BCUT2D eigenvalue weighted by Gasteiger charge is -2.15. The summed E-state index contributed by atoms with van der Waals surface area (Å²) in [7, 11) is 2.06. The van der Waals surface area contributed by atoms with E-state index in [0.29, 0.717) is 6.54 Å². The Morgan fingerprint density at radius 3 is 2.47 bits per heavy atom. The molecule has 0 fully saturated rings. The molecule has 0 aliphatic heterocycles. The number of aryl methyl sites for hydroxylation is 1. The molecule has 0 saturated heterocycles. The number of furan rings is 1. The monoisotopic (exact) mass is 278 g/mol. The van der Waals surface area contributed by atoms with E-state index < -0.39 is 0 Å². The topological polar surface area (TPSA) is 42.4 Å². The molecule has 0 unspecified atom stereocenters. The van der Waals surface area contributed by atoms with Gasteiger partial charge >= 0.3 is 0 Å². The van der Waals surface area contributed by atoms with Gasteiger partial charge in [-0.1, -0.05) is 23.7 Å². The molecule has 0 radical (unpaired) electrons. The first kappa shape index (κ1) is 14.1. The van der Waals surface area contributed by atoms with Gasteiger partial charge < -0.3 is 10.2 Å². The van der Waals surface area contributed by atoms with E-state index in [2.05, 4.69) is 11.9 Å². The van der Waals surface area contributed by atoms with Crippen molar-refractivity contribution >= 4 is 11.6 Å². The molecule has 0 aliphatic rings. The molecule has 0 aliphatic carbocycles. The molecule has 1 aromatic carbocycles. The highest BCUT2D eigenvalue weighted by Crippen LogP contribution is 2.17. The summed E-state index contributed by atoms with van der Waals surface area (Å²) in [5.74, 6) is 1.87. The zero-order chi connectivity index (χ0) is 13.8. The van der Waals surface area contributed by atoms with Gasteiger partial charge in [0.1, 0.15) is 11.5 Å². The van der Waals surface area contributed by atoms with E-state index in [-0.39, 0.29) is 0 Å². The van der Waals surface area contributed by atoms with E-state index in [1.165, 1.54) is 5.56 Å². The van der Waals surface area contributed by atoms with Crippen LogP contribution in [0.4, 0.5) is 0 Å². The third-order valence-corrected chi connectivity index (χ3v) is 3.34. The van der Waals surface area contributed by atoms with Gasteiger partial charge in [-0.25, -0.2) is 0 Å². The summed E-state index contributed by atoms with van der Waals surface area (Å²) < 4.78 is 5.69. The van der Waals surface area contributed by atoms with Crippen molar-refractivity contribution in [1.82, 2.24) is 4.90 Å². The molecule has 0 spiro atoms. The molecule has 1 aromatic heterocycles. The smallest absolute Gasteiger partial charge is 0.118 e. The van der Waals surface area contributed by atoms with Crippen LogP contribution >= 0.6 is 11.6 Å². The highest BCUT2D eigenvalue weighted by Gasteiger charge is 2.08. The fourth-order valence-corrected chi connectivity index (χ4v) is 2.22. The van der Waals surface area contributed by atoms with Crippen LogP contribution in [0.25, 0.3) is 0 Å². The molecule has 0 atom stereocenters. The summed E-state index contributed by atoms with van der Waals surface area (Å²) in [4.78, 5) is 2.20. The van der Waals surface area contributed by atoms with Crippen molar-refractivity contribution in [1.29, 1.82) is 0 Å². The van der Waals surface area contributed by atoms with E-state index in [1.54, 1.807) is 0 Å². The third kappa shape index (κ3) is 3.83. The van der Waals surface area contributed by atoms with Crippen molar-refractivity contribution in [2.24, 2.45) is 5.73 Å². The minimum absolute atomic E-state index is 0.524. The number of hydrogen-bond donors (Lipinski definition) is 1. The number of halogens is 1. The van der Waals surface area contributed by atoms with Crippen LogP contribution in [-0.4, -0.2) is 11.9 Å². The van der Waals surface area contributed by atoms with E-state index >= 15 is 0 Å². The van der Waals surface area contributed by atoms with Gasteiger partial charge in [-0.2, -0.15) is 0 Å². The molecular weight excluding hydrogens is 260 g/mol. The van der Waals surface area contributed by atoms with Gasteiger partial charge in [-0.15, -0.1) is 0 Å². The van der Waals surface area contributed by atoms with Crippen molar-refractivity contribution in [2.75, 3.05) is 7.05 Å². The van der Waals surface area contributed by atoms with Crippen LogP contribution in [0.3, 0.4) is 0 Å². The number of rotatable bonds is 5. The highest BCUT2D eigenvalue weighted by molar-refractivity contribution is 6.30. The zero-order valence-corrected chi connectivity index (χ0v) is 12.1. The molecule has 3 nitrogen and oxygen atoms in total. The minimum atomic E-state index is 0.524. The second kappa shape index (κ2) is 6.24. The molecule has 0 saturated carbocycles. The lowest BCUT2D eigenvalue weighted by molar-refractivity contribution is 0.285. The quantitative estimate of drug-likeness (QED) is 0.912. The van der Waals surface area contributed by atoms with Crippen molar-refractivity contribution in [3.63, 3.8) is 0 Å². The number of nitrogens with two attached hydrogens (primary N) is 1. The molecule has 2 N–H and O–H groups in total. The van der Waals surface area contributed by atoms with Crippen LogP contribution in [0, 0.1) is 6.92 Å². The van der Waals surface area contributed by atoms with E-state index in [1.807, 2.05) is 37.3 Å². The van der Waals surface area contributed by atoms with Crippen molar-refractivity contribution < 1.29 is 4.42 Å². The molecule has 0 bridgehead atoms. The Morgan fingerprint density at radius 1 is 1.21 bits per heavy atom. The van der Waals surface area contributed by atoms with Gasteiger partial charge in [0.25, 0.3) is 0 Å². The first-order valence-electron chi connectivity index (χ1n) is 6.29. The molecular formula is C15H19ClN2O. The lowest BCUT2D eigenvalue weighted by Crippen LogP contribution is -2.16. The van der Waals surface area contributed by atoms with E-state index in [0.717, 1.165) is 35.2 Å². The van der Waals surface area contributed by atoms with E-state index in [4.69, 9.17) is 21.8 Å². The predicted octanol–water partition coefficient (Wildman–Crippen LogP) is 3.33. The Kier molecular flexibility index (Phi) is 4.64. The first-order chi connectivity index (χ1) is 9.08. The average molecular weight is 279 g/mol. The Morgan fingerprint density at radius 2 is 1.89 bits per heavy atom. The largest absolute Gasteiger partial charge is 0.465 e. The maximum Gasteiger partial charge on any atom is 0.118 e. The second-order valence-electron chi connectivity index (χ2n) is 4.80. The maximum absolute atomic E-state index is 5.87. The first-order valence-corrected chi connectivity index (χ1v) is 6.67. The summed E-state index contributed by atoms with van der Waals surface area (Å²) in [5, 5.41) is 0.764. The minimum Gasteiger partial charge on any atom is -0.465 e.